The molecule has 1 N–H and O–H groups in total. The van der Waals surface area contributed by atoms with Gasteiger partial charge in [0.25, 0.3) is 0 Å². The van der Waals surface area contributed by atoms with Crippen molar-refractivity contribution >= 4 is 27.7 Å². The third-order valence-electron chi connectivity index (χ3n) is 4.69. The number of carboxylic acids is 1. The number of Topliss-reactive ketones (excluding diaryl/α,β-unsaturated/α-hetero) is 1. The number of sulfonamides is 1. The zero-order valence-corrected chi connectivity index (χ0v) is 16.2. The van der Waals surface area contributed by atoms with Gasteiger partial charge in [0.2, 0.25) is 15.9 Å². The number of rotatable bonds is 8. The van der Waals surface area contributed by atoms with Crippen molar-refractivity contribution in [2.75, 3.05) is 20.1 Å². The lowest BCUT2D eigenvalue weighted by Crippen LogP contribution is -2.40. The van der Waals surface area contributed by atoms with Gasteiger partial charge in [-0.2, -0.15) is 0 Å². The molecule has 1 heterocycles. The monoisotopic (exact) mass is 396 g/mol. The van der Waals surface area contributed by atoms with Gasteiger partial charge >= 0.3 is 5.97 Å². The Morgan fingerprint density at radius 1 is 1.22 bits per heavy atom. The number of amides is 1. The number of likely N-dealkylation sites (tertiary alicyclic amines) is 1. The van der Waals surface area contributed by atoms with Crippen molar-refractivity contribution < 1.29 is 27.9 Å². The van der Waals surface area contributed by atoms with E-state index in [1.165, 1.54) is 43.1 Å². The molecule has 1 unspecified atom stereocenters. The molecule has 0 saturated carbocycles. The van der Waals surface area contributed by atoms with Gasteiger partial charge in [-0.05, 0) is 38.3 Å². The quantitative estimate of drug-likeness (QED) is 0.664. The summed E-state index contributed by atoms with van der Waals surface area (Å²) < 4.78 is 26.3. The summed E-state index contributed by atoms with van der Waals surface area (Å²) in [5, 5.41) is 9.13. The molecule has 9 heteroatoms. The molecular weight excluding hydrogens is 372 g/mol. The molecule has 1 aliphatic rings. The lowest BCUT2D eigenvalue weighted by molar-refractivity contribution is -0.148. The molecule has 1 aromatic rings. The Labute approximate surface area is 158 Å². The van der Waals surface area contributed by atoms with Crippen molar-refractivity contribution in [3.8, 4) is 0 Å². The molecule has 1 atom stereocenters. The average molecular weight is 396 g/mol. The minimum Gasteiger partial charge on any atom is -0.480 e. The van der Waals surface area contributed by atoms with Gasteiger partial charge < -0.3 is 10.0 Å². The van der Waals surface area contributed by atoms with Gasteiger partial charge in [0.15, 0.2) is 5.78 Å². The average Bonchev–Trinajstić information content (AvgIpc) is 3.11. The molecule has 27 heavy (non-hydrogen) atoms. The third kappa shape index (κ3) is 4.92. The highest BCUT2D eigenvalue weighted by molar-refractivity contribution is 7.89. The van der Waals surface area contributed by atoms with Crippen molar-refractivity contribution in [2.45, 2.75) is 43.5 Å². The topological polar surface area (TPSA) is 112 Å². The van der Waals surface area contributed by atoms with Crippen molar-refractivity contribution in [2.24, 2.45) is 0 Å². The highest BCUT2D eigenvalue weighted by atomic mass is 32.2. The fraction of sp³-hybridized carbons (Fsp3) is 0.500. The number of carbonyl (C=O) groups excluding carboxylic acids is 2. The second kappa shape index (κ2) is 8.62. The van der Waals surface area contributed by atoms with Gasteiger partial charge in [0.1, 0.15) is 6.04 Å². The zero-order valence-electron chi connectivity index (χ0n) is 15.4. The molecular formula is C18H24N2O6S. The molecule has 0 spiro atoms. The van der Waals surface area contributed by atoms with Crippen molar-refractivity contribution in [3.05, 3.63) is 29.8 Å². The first-order valence-corrected chi connectivity index (χ1v) is 10.2. The fourth-order valence-corrected chi connectivity index (χ4v) is 4.29. The number of ketones is 1. The van der Waals surface area contributed by atoms with Crippen LogP contribution in [0.15, 0.2) is 29.2 Å². The van der Waals surface area contributed by atoms with Gasteiger partial charge in [-0.25, -0.2) is 17.5 Å². The number of hydrogen-bond donors (Lipinski definition) is 1. The standard InChI is InChI=1S/C18H24N2O6S/c1-13(21)14-7-9-15(10-8-14)27(25,26)19(2)11-4-6-17(22)20-12-3-5-16(20)18(23)24/h7-10,16H,3-6,11-12H2,1-2H3,(H,23,24). The number of hydrogen-bond acceptors (Lipinski definition) is 5. The summed E-state index contributed by atoms with van der Waals surface area (Å²) in [6, 6.07) is 4.92. The largest absolute Gasteiger partial charge is 0.480 e. The zero-order chi connectivity index (χ0) is 20.2. The Morgan fingerprint density at radius 3 is 2.41 bits per heavy atom. The predicted octanol–water partition coefficient (Wildman–Crippen LogP) is 1.37. The van der Waals surface area contributed by atoms with E-state index in [9.17, 15) is 22.8 Å². The third-order valence-corrected chi connectivity index (χ3v) is 6.56. The van der Waals surface area contributed by atoms with Crippen molar-refractivity contribution in [3.63, 3.8) is 0 Å². The van der Waals surface area contributed by atoms with Crippen LogP contribution in [-0.4, -0.2) is 66.6 Å². The molecule has 0 radical (unpaired) electrons. The number of benzene rings is 1. The van der Waals surface area contributed by atoms with E-state index in [2.05, 4.69) is 0 Å². The van der Waals surface area contributed by atoms with E-state index < -0.39 is 22.0 Å². The summed E-state index contributed by atoms with van der Waals surface area (Å²) in [5.74, 6) is -1.42. The Balaban J connectivity index is 1.92. The highest BCUT2D eigenvalue weighted by Gasteiger charge is 2.33. The SMILES string of the molecule is CC(=O)c1ccc(S(=O)(=O)N(C)CCCC(=O)N2CCCC2C(=O)O)cc1. The van der Waals surface area contributed by atoms with E-state index in [0.717, 1.165) is 4.31 Å². The predicted molar refractivity (Wildman–Crippen MR) is 97.9 cm³/mol. The molecule has 0 aliphatic carbocycles. The van der Waals surface area contributed by atoms with Crippen LogP contribution >= 0.6 is 0 Å². The molecule has 1 aliphatic heterocycles. The number of carbonyl (C=O) groups is 3. The van der Waals surface area contributed by atoms with E-state index in [0.29, 0.717) is 31.4 Å². The summed E-state index contributed by atoms with van der Waals surface area (Å²) in [5.41, 5.74) is 0.431. The number of carboxylic acid groups (broad SMARTS) is 1. The lowest BCUT2D eigenvalue weighted by atomic mass is 10.2. The molecule has 148 valence electrons. The van der Waals surface area contributed by atoms with E-state index in [-0.39, 0.29) is 29.6 Å². The molecule has 0 aromatic heterocycles. The molecule has 1 aromatic carbocycles. The minimum atomic E-state index is -3.72. The lowest BCUT2D eigenvalue weighted by Gasteiger charge is -2.22. The highest BCUT2D eigenvalue weighted by Crippen LogP contribution is 2.20. The van der Waals surface area contributed by atoms with Gasteiger partial charge in [-0.15, -0.1) is 0 Å². The van der Waals surface area contributed by atoms with Crippen molar-refractivity contribution in [1.29, 1.82) is 0 Å². The van der Waals surface area contributed by atoms with Gasteiger partial charge in [-0.1, -0.05) is 12.1 Å². The summed E-state index contributed by atoms with van der Waals surface area (Å²) >= 11 is 0. The summed E-state index contributed by atoms with van der Waals surface area (Å²) in [6.07, 6.45) is 1.49. The van der Waals surface area contributed by atoms with E-state index in [1.54, 1.807) is 0 Å². The van der Waals surface area contributed by atoms with E-state index >= 15 is 0 Å². The number of aliphatic carboxylic acids is 1. The van der Waals surface area contributed by atoms with Crippen LogP contribution in [-0.2, 0) is 19.6 Å². The van der Waals surface area contributed by atoms with Crippen molar-refractivity contribution in [1.82, 2.24) is 9.21 Å². The number of nitrogens with zero attached hydrogens (tertiary/aromatic N) is 2. The summed E-state index contributed by atoms with van der Waals surface area (Å²) in [7, 11) is -2.29. The molecule has 0 bridgehead atoms. The van der Waals surface area contributed by atoms with E-state index in [4.69, 9.17) is 5.11 Å². The van der Waals surface area contributed by atoms with Crippen LogP contribution in [0.4, 0.5) is 0 Å². The maximum atomic E-state index is 12.6. The van der Waals surface area contributed by atoms with Crippen LogP contribution in [0, 0.1) is 0 Å². The second-order valence-electron chi connectivity index (χ2n) is 6.59. The summed E-state index contributed by atoms with van der Waals surface area (Å²) in [4.78, 5) is 36.1. The van der Waals surface area contributed by atoms with Crippen LogP contribution < -0.4 is 0 Å². The van der Waals surface area contributed by atoms with Gasteiger partial charge in [0.05, 0.1) is 4.90 Å². The Hall–Kier alpha value is -2.26. The Morgan fingerprint density at radius 2 is 1.85 bits per heavy atom. The van der Waals surface area contributed by atoms with Crippen LogP contribution in [0.1, 0.15) is 43.0 Å². The first-order valence-electron chi connectivity index (χ1n) is 8.74. The van der Waals surface area contributed by atoms with Crippen LogP contribution in [0.3, 0.4) is 0 Å². The molecule has 8 nitrogen and oxygen atoms in total. The van der Waals surface area contributed by atoms with Crippen LogP contribution in [0.2, 0.25) is 0 Å². The van der Waals surface area contributed by atoms with Gasteiger partial charge in [-0.3, -0.25) is 9.59 Å². The maximum Gasteiger partial charge on any atom is 0.326 e. The molecule has 1 amide bonds. The van der Waals surface area contributed by atoms with Crippen LogP contribution in [0.25, 0.3) is 0 Å². The second-order valence-corrected chi connectivity index (χ2v) is 8.64. The Kier molecular flexibility index (Phi) is 6.72. The van der Waals surface area contributed by atoms with Gasteiger partial charge in [0, 0.05) is 32.1 Å². The normalized spacial score (nSPS) is 17.3. The molecule has 1 saturated heterocycles. The van der Waals surface area contributed by atoms with E-state index in [1.807, 2.05) is 0 Å². The summed E-state index contributed by atoms with van der Waals surface area (Å²) in [6.45, 7) is 1.96. The minimum absolute atomic E-state index is 0.0758. The smallest absolute Gasteiger partial charge is 0.326 e. The molecule has 2 rings (SSSR count). The van der Waals surface area contributed by atoms with Crippen LogP contribution in [0.5, 0.6) is 0 Å². The maximum absolute atomic E-state index is 12.6. The first kappa shape index (κ1) is 21.0. The fourth-order valence-electron chi connectivity index (χ4n) is 3.08. The molecule has 1 fully saturated rings. The first-order chi connectivity index (χ1) is 12.6. The Bertz CT molecular complexity index is 819.